The van der Waals surface area contributed by atoms with Crippen molar-refractivity contribution in [2.24, 2.45) is 0 Å². The third-order valence-electron chi connectivity index (χ3n) is 3.58. The van der Waals surface area contributed by atoms with E-state index < -0.39 is 0 Å². The summed E-state index contributed by atoms with van der Waals surface area (Å²) in [5.41, 5.74) is 3.11. The fourth-order valence-electron chi connectivity index (χ4n) is 2.37. The number of aryl methyl sites for hydroxylation is 1. The Bertz CT molecular complexity index is 852. The van der Waals surface area contributed by atoms with Crippen LogP contribution in [0.25, 0.3) is 5.69 Å². The molecule has 2 aromatic carbocycles. The molecule has 0 aliphatic heterocycles. The third-order valence-corrected chi connectivity index (χ3v) is 3.85. The molecule has 0 fully saturated rings. The molecule has 0 aliphatic rings. The standard InChI is InChI=1S/C17H18N4OS/c1-12-7-9-13(10-8-12)21-16(19-20-17(21)23)11-18-14-5-3-4-6-15(14)22-2/h3-10,18H,11H2,1-2H3,(H,20,23). The predicted octanol–water partition coefficient (Wildman–Crippen LogP) is 3.86. The summed E-state index contributed by atoms with van der Waals surface area (Å²) in [6, 6.07) is 16.0. The van der Waals surface area contributed by atoms with Gasteiger partial charge in [-0.2, -0.15) is 5.10 Å². The Kier molecular flexibility index (Phi) is 4.43. The number of anilines is 1. The first-order valence-corrected chi connectivity index (χ1v) is 7.70. The summed E-state index contributed by atoms with van der Waals surface area (Å²) < 4.78 is 7.85. The van der Waals surface area contributed by atoms with Crippen molar-refractivity contribution in [3.05, 3.63) is 64.7 Å². The van der Waals surface area contributed by atoms with Gasteiger partial charge in [-0.15, -0.1) is 0 Å². The molecule has 1 heterocycles. The number of hydrogen-bond donors (Lipinski definition) is 2. The quantitative estimate of drug-likeness (QED) is 0.699. The second-order valence-corrected chi connectivity index (χ2v) is 5.56. The molecule has 5 nitrogen and oxygen atoms in total. The van der Waals surface area contributed by atoms with E-state index in [2.05, 4.69) is 34.6 Å². The summed E-state index contributed by atoms with van der Waals surface area (Å²) in [6.45, 7) is 2.59. The van der Waals surface area contributed by atoms with Gasteiger partial charge in [-0.1, -0.05) is 29.8 Å². The Morgan fingerprint density at radius 2 is 1.91 bits per heavy atom. The zero-order valence-electron chi connectivity index (χ0n) is 13.0. The van der Waals surface area contributed by atoms with E-state index in [1.165, 1.54) is 5.56 Å². The molecule has 6 heteroatoms. The summed E-state index contributed by atoms with van der Waals surface area (Å²) in [5, 5.41) is 10.5. The van der Waals surface area contributed by atoms with E-state index in [4.69, 9.17) is 17.0 Å². The van der Waals surface area contributed by atoms with E-state index in [0.717, 1.165) is 22.9 Å². The summed E-state index contributed by atoms with van der Waals surface area (Å²) in [5.74, 6) is 1.60. The van der Waals surface area contributed by atoms with Crippen molar-refractivity contribution in [1.29, 1.82) is 0 Å². The maximum Gasteiger partial charge on any atom is 0.199 e. The third kappa shape index (κ3) is 3.27. The number of aromatic nitrogens is 3. The van der Waals surface area contributed by atoms with Gasteiger partial charge < -0.3 is 10.1 Å². The van der Waals surface area contributed by atoms with E-state index >= 15 is 0 Å². The highest BCUT2D eigenvalue weighted by atomic mass is 32.1. The molecule has 3 rings (SSSR count). The highest BCUT2D eigenvalue weighted by Crippen LogP contribution is 2.23. The minimum atomic E-state index is 0.529. The smallest absolute Gasteiger partial charge is 0.199 e. The lowest BCUT2D eigenvalue weighted by Gasteiger charge is -2.11. The number of ether oxygens (including phenoxy) is 1. The van der Waals surface area contributed by atoms with Crippen LogP contribution in [0.3, 0.4) is 0 Å². The van der Waals surface area contributed by atoms with Crippen molar-refractivity contribution >= 4 is 17.9 Å². The second-order valence-electron chi connectivity index (χ2n) is 5.17. The molecule has 0 amide bonds. The number of aromatic amines is 1. The maximum absolute atomic E-state index is 5.36. The Morgan fingerprint density at radius 3 is 2.65 bits per heavy atom. The molecule has 0 saturated carbocycles. The van der Waals surface area contributed by atoms with Gasteiger partial charge in [-0.3, -0.25) is 9.67 Å². The number of H-pyrrole nitrogens is 1. The van der Waals surface area contributed by atoms with Gasteiger partial charge in [0.05, 0.1) is 19.3 Å². The predicted molar refractivity (Wildman–Crippen MR) is 93.8 cm³/mol. The Balaban J connectivity index is 1.87. The van der Waals surface area contributed by atoms with E-state index in [-0.39, 0.29) is 0 Å². The van der Waals surface area contributed by atoms with Crippen LogP contribution in [0.15, 0.2) is 48.5 Å². The first-order valence-electron chi connectivity index (χ1n) is 7.29. The molecule has 0 atom stereocenters. The average molecular weight is 326 g/mol. The van der Waals surface area contributed by atoms with Crippen molar-refractivity contribution in [3.8, 4) is 11.4 Å². The van der Waals surface area contributed by atoms with Crippen LogP contribution in [0.5, 0.6) is 5.75 Å². The van der Waals surface area contributed by atoms with Gasteiger partial charge in [-0.25, -0.2) is 0 Å². The lowest BCUT2D eigenvalue weighted by molar-refractivity contribution is 0.416. The fourth-order valence-corrected chi connectivity index (χ4v) is 2.63. The van der Waals surface area contributed by atoms with Crippen molar-refractivity contribution in [2.75, 3.05) is 12.4 Å². The molecular formula is C17H18N4OS. The number of hydrogen-bond acceptors (Lipinski definition) is 4. The molecule has 0 spiro atoms. The van der Waals surface area contributed by atoms with Gasteiger partial charge in [0, 0.05) is 5.69 Å². The lowest BCUT2D eigenvalue weighted by Crippen LogP contribution is -2.08. The van der Waals surface area contributed by atoms with Crippen molar-refractivity contribution in [1.82, 2.24) is 14.8 Å². The number of rotatable bonds is 5. The van der Waals surface area contributed by atoms with Crippen LogP contribution >= 0.6 is 12.2 Å². The number of methoxy groups -OCH3 is 1. The minimum absolute atomic E-state index is 0.529. The monoisotopic (exact) mass is 326 g/mol. The maximum atomic E-state index is 5.36. The fraction of sp³-hybridized carbons (Fsp3) is 0.176. The van der Waals surface area contributed by atoms with Crippen LogP contribution in [0.2, 0.25) is 0 Å². The first-order chi connectivity index (χ1) is 11.2. The van der Waals surface area contributed by atoms with Crippen molar-refractivity contribution < 1.29 is 4.74 Å². The van der Waals surface area contributed by atoms with Gasteiger partial charge in [0.15, 0.2) is 10.6 Å². The van der Waals surface area contributed by atoms with Gasteiger partial charge in [0.25, 0.3) is 0 Å². The zero-order chi connectivity index (χ0) is 16.2. The molecule has 23 heavy (non-hydrogen) atoms. The normalized spacial score (nSPS) is 10.5. The van der Waals surface area contributed by atoms with Crippen LogP contribution in [0.4, 0.5) is 5.69 Å². The van der Waals surface area contributed by atoms with Crippen LogP contribution in [-0.2, 0) is 6.54 Å². The highest BCUT2D eigenvalue weighted by Gasteiger charge is 2.09. The van der Waals surface area contributed by atoms with Gasteiger partial charge in [-0.05, 0) is 43.4 Å². The van der Waals surface area contributed by atoms with Crippen molar-refractivity contribution in [3.63, 3.8) is 0 Å². The van der Waals surface area contributed by atoms with E-state index in [0.29, 0.717) is 11.3 Å². The van der Waals surface area contributed by atoms with Gasteiger partial charge in [0.2, 0.25) is 0 Å². The molecule has 0 radical (unpaired) electrons. The van der Waals surface area contributed by atoms with Crippen LogP contribution in [0.1, 0.15) is 11.4 Å². The number of nitrogens with zero attached hydrogens (tertiary/aromatic N) is 2. The van der Waals surface area contributed by atoms with E-state index in [9.17, 15) is 0 Å². The van der Waals surface area contributed by atoms with Crippen LogP contribution in [-0.4, -0.2) is 21.9 Å². The SMILES string of the molecule is COc1ccccc1NCc1n[nH]c(=S)n1-c1ccc(C)cc1. The topological polar surface area (TPSA) is 54.9 Å². The number of benzene rings is 2. The van der Waals surface area contributed by atoms with E-state index in [1.54, 1.807) is 7.11 Å². The van der Waals surface area contributed by atoms with Crippen LogP contribution < -0.4 is 10.1 Å². The Morgan fingerprint density at radius 1 is 1.17 bits per heavy atom. The highest BCUT2D eigenvalue weighted by molar-refractivity contribution is 7.71. The van der Waals surface area contributed by atoms with Gasteiger partial charge in [0.1, 0.15) is 5.75 Å². The van der Waals surface area contributed by atoms with Gasteiger partial charge >= 0.3 is 0 Å². The minimum Gasteiger partial charge on any atom is -0.495 e. The molecule has 3 aromatic rings. The Labute approximate surface area is 139 Å². The molecule has 0 unspecified atom stereocenters. The molecule has 0 saturated heterocycles. The summed E-state index contributed by atoms with van der Waals surface area (Å²) in [6.07, 6.45) is 0. The average Bonchev–Trinajstić information content (AvgIpc) is 2.95. The Hall–Kier alpha value is -2.60. The van der Waals surface area contributed by atoms with E-state index in [1.807, 2.05) is 41.0 Å². The second kappa shape index (κ2) is 6.66. The summed E-state index contributed by atoms with van der Waals surface area (Å²) in [4.78, 5) is 0. The largest absolute Gasteiger partial charge is 0.495 e. The van der Waals surface area contributed by atoms with Crippen LogP contribution in [0, 0.1) is 11.7 Å². The molecule has 0 aliphatic carbocycles. The molecule has 2 N–H and O–H groups in total. The first kappa shape index (κ1) is 15.3. The number of nitrogens with one attached hydrogen (secondary N) is 2. The lowest BCUT2D eigenvalue weighted by atomic mass is 10.2. The summed E-state index contributed by atoms with van der Waals surface area (Å²) in [7, 11) is 1.66. The molecule has 1 aromatic heterocycles. The van der Waals surface area contributed by atoms with Crippen molar-refractivity contribution in [2.45, 2.75) is 13.5 Å². The summed E-state index contributed by atoms with van der Waals surface area (Å²) >= 11 is 5.36. The zero-order valence-corrected chi connectivity index (χ0v) is 13.9. The number of para-hydroxylation sites is 2. The molecule has 118 valence electrons. The molecular weight excluding hydrogens is 308 g/mol. The molecule has 0 bridgehead atoms.